The molecule has 2 N–H and O–H groups in total. The second-order valence-electron chi connectivity index (χ2n) is 9.58. The summed E-state index contributed by atoms with van der Waals surface area (Å²) in [7, 11) is 1.68. The highest BCUT2D eigenvalue weighted by atomic mass is 35.5. The first-order valence-electron chi connectivity index (χ1n) is 12.5. The summed E-state index contributed by atoms with van der Waals surface area (Å²) in [6.45, 7) is 0.323. The van der Waals surface area contributed by atoms with E-state index in [0.29, 0.717) is 33.8 Å². The van der Waals surface area contributed by atoms with Gasteiger partial charge in [0.05, 0.1) is 6.54 Å². The first kappa shape index (κ1) is 27.0. The average molecular weight is 559 g/mol. The van der Waals surface area contributed by atoms with Crippen LogP contribution in [-0.4, -0.2) is 34.6 Å². The van der Waals surface area contributed by atoms with Crippen LogP contribution < -0.4 is 5.32 Å². The monoisotopic (exact) mass is 558 g/mol. The van der Waals surface area contributed by atoms with Crippen molar-refractivity contribution in [1.82, 2.24) is 15.1 Å². The van der Waals surface area contributed by atoms with Crippen LogP contribution in [0, 0.1) is 17.0 Å². The molecule has 5 rings (SSSR count). The standard InChI is InChI=1S/C31H25ClF2N4O2/c1-37(19-22-6-2-3-8-27(22)32)28(39)21-7-4-5-20(17-21)18-38-29(40)31(36-30(38)35,23-9-13-25(33)14-10-23)24-11-15-26(34)16-12-24/h2-17H,18-19H2,1H3,(H2,35,36). The molecule has 6 nitrogen and oxygen atoms in total. The van der Waals surface area contributed by atoms with Crippen molar-refractivity contribution in [2.45, 2.75) is 18.6 Å². The summed E-state index contributed by atoms with van der Waals surface area (Å²) in [5.74, 6) is -1.84. The molecule has 0 atom stereocenters. The Bertz CT molecular complexity index is 1550. The molecule has 0 unspecified atom stereocenters. The fraction of sp³-hybridized carbons (Fsp3) is 0.129. The predicted octanol–water partition coefficient (Wildman–Crippen LogP) is 5.70. The van der Waals surface area contributed by atoms with Crippen molar-refractivity contribution in [3.8, 4) is 0 Å². The number of guanidine groups is 1. The number of halogens is 3. The van der Waals surface area contributed by atoms with Crippen LogP contribution >= 0.6 is 11.6 Å². The number of amides is 2. The van der Waals surface area contributed by atoms with Gasteiger partial charge in [-0.15, -0.1) is 0 Å². The van der Waals surface area contributed by atoms with Crippen molar-refractivity contribution in [2.24, 2.45) is 0 Å². The van der Waals surface area contributed by atoms with E-state index in [1.807, 2.05) is 18.2 Å². The summed E-state index contributed by atoms with van der Waals surface area (Å²) < 4.78 is 27.5. The Kier molecular flexibility index (Phi) is 7.36. The Morgan fingerprint density at radius 1 is 0.925 bits per heavy atom. The van der Waals surface area contributed by atoms with Gasteiger partial charge in [-0.2, -0.15) is 0 Å². The molecule has 1 saturated heterocycles. The number of nitrogens with zero attached hydrogens (tertiary/aromatic N) is 2. The van der Waals surface area contributed by atoms with Crippen molar-refractivity contribution in [2.75, 3.05) is 7.05 Å². The molecule has 40 heavy (non-hydrogen) atoms. The maximum Gasteiger partial charge on any atom is 0.264 e. The third kappa shape index (κ3) is 5.05. The molecule has 1 heterocycles. The maximum atomic E-state index is 14.0. The summed E-state index contributed by atoms with van der Waals surface area (Å²) in [4.78, 5) is 30.0. The van der Waals surface area contributed by atoms with Crippen molar-refractivity contribution in [1.29, 1.82) is 5.41 Å². The highest BCUT2D eigenvalue weighted by molar-refractivity contribution is 6.31. The topological polar surface area (TPSA) is 76.5 Å². The first-order chi connectivity index (χ1) is 19.2. The Morgan fingerprint density at radius 3 is 2.12 bits per heavy atom. The molecule has 0 bridgehead atoms. The van der Waals surface area contributed by atoms with E-state index in [-0.39, 0.29) is 18.4 Å². The largest absolute Gasteiger partial charge is 0.337 e. The summed E-state index contributed by atoms with van der Waals surface area (Å²) in [6.07, 6.45) is 0. The minimum absolute atomic E-state index is 0.00412. The third-order valence-electron chi connectivity index (χ3n) is 6.92. The number of rotatable bonds is 7. The van der Waals surface area contributed by atoms with Crippen LogP contribution in [0.25, 0.3) is 0 Å². The van der Waals surface area contributed by atoms with E-state index in [1.165, 1.54) is 53.4 Å². The van der Waals surface area contributed by atoms with Crippen molar-refractivity contribution < 1.29 is 18.4 Å². The van der Waals surface area contributed by atoms with Gasteiger partial charge in [0.15, 0.2) is 11.5 Å². The summed E-state index contributed by atoms with van der Waals surface area (Å²) in [6, 6.07) is 25.0. The van der Waals surface area contributed by atoms with Gasteiger partial charge in [0.1, 0.15) is 11.6 Å². The normalized spacial score (nSPS) is 14.2. The van der Waals surface area contributed by atoms with Gasteiger partial charge in [0.25, 0.3) is 11.8 Å². The zero-order valence-corrected chi connectivity index (χ0v) is 22.3. The van der Waals surface area contributed by atoms with E-state index >= 15 is 0 Å². The molecular formula is C31H25ClF2N4O2. The molecule has 1 aliphatic rings. The molecule has 0 saturated carbocycles. The lowest BCUT2D eigenvalue weighted by Gasteiger charge is -2.28. The maximum absolute atomic E-state index is 14.0. The lowest BCUT2D eigenvalue weighted by Crippen LogP contribution is -2.45. The smallest absolute Gasteiger partial charge is 0.264 e. The van der Waals surface area contributed by atoms with Gasteiger partial charge < -0.3 is 10.2 Å². The van der Waals surface area contributed by atoms with E-state index in [0.717, 1.165) is 5.56 Å². The molecule has 4 aromatic rings. The Labute approximate surface area is 235 Å². The van der Waals surface area contributed by atoms with Gasteiger partial charge in [-0.05, 0) is 64.7 Å². The molecule has 0 spiro atoms. The zero-order valence-electron chi connectivity index (χ0n) is 21.5. The summed E-state index contributed by atoms with van der Waals surface area (Å²) in [5.41, 5.74) is 1.12. The second kappa shape index (κ2) is 10.9. The lowest BCUT2D eigenvalue weighted by atomic mass is 9.82. The first-order valence-corrected chi connectivity index (χ1v) is 12.9. The zero-order chi connectivity index (χ0) is 28.4. The molecule has 1 aliphatic heterocycles. The average Bonchev–Trinajstić information content (AvgIpc) is 3.20. The minimum atomic E-state index is -1.55. The van der Waals surface area contributed by atoms with Crippen molar-refractivity contribution in [3.05, 3.63) is 142 Å². The van der Waals surface area contributed by atoms with Gasteiger partial charge in [0, 0.05) is 24.2 Å². The van der Waals surface area contributed by atoms with E-state index in [2.05, 4.69) is 5.32 Å². The van der Waals surface area contributed by atoms with Gasteiger partial charge in [-0.25, -0.2) is 8.78 Å². The highest BCUT2D eigenvalue weighted by Gasteiger charge is 2.52. The van der Waals surface area contributed by atoms with Crippen LogP contribution in [0.2, 0.25) is 5.02 Å². The Balaban J connectivity index is 1.42. The van der Waals surface area contributed by atoms with Crippen LogP contribution in [0.3, 0.4) is 0 Å². The van der Waals surface area contributed by atoms with E-state index in [4.69, 9.17) is 17.0 Å². The van der Waals surface area contributed by atoms with E-state index < -0.39 is 23.1 Å². The van der Waals surface area contributed by atoms with Gasteiger partial charge in [-0.1, -0.05) is 66.2 Å². The second-order valence-corrected chi connectivity index (χ2v) is 9.99. The van der Waals surface area contributed by atoms with Gasteiger partial charge in [-0.3, -0.25) is 19.9 Å². The number of benzene rings is 4. The molecule has 0 radical (unpaired) electrons. The van der Waals surface area contributed by atoms with Crippen molar-refractivity contribution >= 4 is 29.4 Å². The molecule has 0 aliphatic carbocycles. The Morgan fingerprint density at radius 2 is 1.52 bits per heavy atom. The minimum Gasteiger partial charge on any atom is -0.337 e. The van der Waals surface area contributed by atoms with Crippen LogP contribution in [0.1, 0.15) is 32.6 Å². The Hall–Kier alpha value is -4.56. The molecule has 4 aromatic carbocycles. The molecule has 9 heteroatoms. The van der Waals surface area contributed by atoms with Gasteiger partial charge >= 0.3 is 0 Å². The van der Waals surface area contributed by atoms with Gasteiger partial charge in [0.2, 0.25) is 0 Å². The predicted molar refractivity (Wildman–Crippen MR) is 149 cm³/mol. The van der Waals surface area contributed by atoms with Crippen LogP contribution in [0.15, 0.2) is 97.1 Å². The number of hydrogen-bond acceptors (Lipinski definition) is 3. The van der Waals surface area contributed by atoms with E-state index in [9.17, 15) is 18.4 Å². The molecule has 0 aromatic heterocycles. The molecular weight excluding hydrogens is 534 g/mol. The third-order valence-corrected chi connectivity index (χ3v) is 7.29. The molecule has 202 valence electrons. The van der Waals surface area contributed by atoms with E-state index in [1.54, 1.807) is 42.3 Å². The van der Waals surface area contributed by atoms with Crippen LogP contribution in [-0.2, 0) is 23.4 Å². The summed E-state index contributed by atoms with van der Waals surface area (Å²) >= 11 is 6.26. The highest BCUT2D eigenvalue weighted by Crippen LogP contribution is 2.37. The molecule has 2 amide bonds. The quantitative estimate of drug-likeness (QED) is 0.305. The fourth-order valence-electron chi connectivity index (χ4n) is 4.87. The molecule has 1 fully saturated rings. The summed E-state index contributed by atoms with van der Waals surface area (Å²) in [5, 5.41) is 12.2. The lowest BCUT2D eigenvalue weighted by molar-refractivity contribution is -0.130. The van der Waals surface area contributed by atoms with Crippen LogP contribution in [0.4, 0.5) is 8.78 Å². The number of carbonyl (C=O) groups is 2. The number of carbonyl (C=O) groups excluding carboxylic acids is 2. The van der Waals surface area contributed by atoms with Crippen LogP contribution in [0.5, 0.6) is 0 Å². The number of hydrogen-bond donors (Lipinski definition) is 2. The fourth-order valence-corrected chi connectivity index (χ4v) is 5.07. The van der Waals surface area contributed by atoms with Crippen molar-refractivity contribution in [3.63, 3.8) is 0 Å². The SMILES string of the molecule is CN(Cc1ccccc1Cl)C(=O)c1cccc(CN2C(=N)NC(c3ccc(F)cc3)(c3ccc(F)cc3)C2=O)c1. The number of nitrogens with one attached hydrogen (secondary N) is 2.